The Balaban J connectivity index is 1.84. The van der Waals surface area contributed by atoms with Gasteiger partial charge in [0.1, 0.15) is 17.2 Å². The van der Waals surface area contributed by atoms with Crippen molar-refractivity contribution in [2.45, 2.75) is 0 Å². The van der Waals surface area contributed by atoms with Crippen molar-refractivity contribution < 1.29 is 4.79 Å². The number of nitrogens with zero attached hydrogens (tertiary/aromatic N) is 4. The van der Waals surface area contributed by atoms with Crippen LogP contribution in [0, 0.1) is 0 Å². The summed E-state index contributed by atoms with van der Waals surface area (Å²) in [7, 11) is 1.69. The lowest BCUT2D eigenvalue weighted by Gasteiger charge is -2.13. The standard InChI is InChI=1S/C15H10BrClN4OS/c1-21(14(22)9-2-4-10(16)5-3-9)15-20-12(7-23-15)11-6-13(17)19-8-18-11/h2-8H,1H3. The van der Waals surface area contributed by atoms with E-state index in [1.807, 2.05) is 17.5 Å². The normalized spacial score (nSPS) is 10.6. The van der Waals surface area contributed by atoms with E-state index in [9.17, 15) is 4.79 Å². The fourth-order valence-corrected chi connectivity index (χ4v) is 3.08. The van der Waals surface area contributed by atoms with Gasteiger partial charge in [-0.25, -0.2) is 15.0 Å². The Morgan fingerprint density at radius 3 is 2.65 bits per heavy atom. The lowest BCUT2D eigenvalue weighted by Crippen LogP contribution is -2.25. The highest BCUT2D eigenvalue weighted by Gasteiger charge is 2.17. The Labute approximate surface area is 150 Å². The first-order chi connectivity index (χ1) is 11.0. The van der Waals surface area contributed by atoms with Crippen LogP contribution in [0.25, 0.3) is 11.4 Å². The van der Waals surface area contributed by atoms with Crippen LogP contribution in [0.4, 0.5) is 5.13 Å². The summed E-state index contributed by atoms with van der Waals surface area (Å²) in [5.41, 5.74) is 1.87. The number of thiazole rings is 1. The average Bonchev–Trinajstić information content (AvgIpc) is 3.04. The van der Waals surface area contributed by atoms with E-state index < -0.39 is 0 Å². The second kappa shape index (κ2) is 6.74. The van der Waals surface area contributed by atoms with Gasteiger partial charge in [0.05, 0.1) is 5.69 Å². The molecular formula is C15H10BrClN4OS. The maximum Gasteiger partial charge on any atom is 0.259 e. The number of hydrogen-bond donors (Lipinski definition) is 0. The molecule has 23 heavy (non-hydrogen) atoms. The van der Waals surface area contributed by atoms with Crippen molar-refractivity contribution in [3.63, 3.8) is 0 Å². The predicted octanol–water partition coefficient (Wildman–Crippen LogP) is 4.29. The Morgan fingerprint density at radius 1 is 1.22 bits per heavy atom. The minimum absolute atomic E-state index is 0.126. The van der Waals surface area contributed by atoms with E-state index in [0.29, 0.717) is 27.2 Å². The topological polar surface area (TPSA) is 59.0 Å². The molecule has 0 saturated carbocycles. The smallest absolute Gasteiger partial charge is 0.259 e. The van der Waals surface area contributed by atoms with Crippen LogP contribution in [0.2, 0.25) is 5.15 Å². The monoisotopic (exact) mass is 408 g/mol. The van der Waals surface area contributed by atoms with Crippen LogP contribution < -0.4 is 4.90 Å². The summed E-state index contributed by atoms with van der Waals surface area (Å²) >= 11 is 10.6. The van der Waals surface area contributed by atoms with E-state index in [4.69, 9.17) is 11.6 Å². The lowest BCUT2D eigenvalue weighted by molar-refractivity contribution is 0.0993. The van der Waals surface area contributed by atoms with Gasteiger partial charge in [0, 0.05) is 28.5 Å². The van der Waals surface area contributed by atoms with Crippen molar-refractivity contribution in [2.75, 3.05) is 11.9 Å². The van der Waals surface area contributed by atoms with E-state index in [0.717, 1.165) is 4.47 Å². The summed E-state index contributed by atoms with van der Waals surface area (Å²) in [5, 5.41) is 2.77. The molecule has 0 spiro atoms. The van der Waals surface area contributed by atoms with Gasteiger partial charge in [-0.3, -0.25) is 9.69 Å². The molecule has 0 aliphatic carbocycles. The number of benzene rings is 1. The van der Waals surface area contributed by atoms with Gasteiger partial charge in [-0.15, -0.1) is 11.3 Å². The van der Waals surface area contributed by atoms with Gasteiger partial charge in [-0.1, -0.05) is 27.5 Å². The number of rotatable bonds is 3. The van der Waals surface area contributed by atoms with Crippen LogP contribution in [0.5, 0.6) is 0 Å². The molecule has 1 aromatic carbocycles. The quantitative estimate of drug-likeness (QED) is 0.605. The molecule has 0 aliphatic heterocycles. The van der Waals surface area contributed by atoms with E-state index in [2.05, 4.69) is 30.9 Å². The first kappa shape index (κ1) is 16.0. The molecule has 0 bridgehead atoms. The van der Waals surface area contributed by atoms with Crippen molar-refractivity contribution in [1.82, 2.24) is 15.0 Å². The second-order valence-electron chi connectivity index (χ2n) is 4.61. The maximum atomic E-state index is 12.5. The summed E-state index contributed by atoms with van der Waals surface area (Å²) < 4.78 is 0.925. The van der Waals surface area contributed by atoms with Crippen molar-refractivity contribution in [2.24, 2.45) is 0 Å². The van der Waals surface area contributed by atoms with E-state index >= 15 is 0 Å². The molecule has 2 aromatic heterocycles. The van der Waals surface area contributed by atoms with Crippen molar-refractivity contribution >= 4 is 49.9 Å². The lowest BCUT2D eigenvalue weighted by atomic mass is 10.2. The number of amides is 1. The van der Waals surface area contributed by atoms with Crippen molar-refractivity contribution in [3.8, 4) is 11.4 Å². The third-order valence-corrected chi connectivity index (χ3v) is 4.72. The fraction of sp³-hybridized carbons (Fsp3) is 0.0667. The molecule has 5 nitrogen and oxygen atoms in total. The first-order valence-electron chi connectivity index (χ1n) is 6.51. The number of aromatic nitrogens is 3. The second-order valence-corrected chi connectivity index (χ2v) is 6.75. The number of anilines is 1. The third-order valence-electron chi connectivity index (χ3n) is 3.07. The molecule has 0 saturated heterocycles. The molecule has 0 radical (unpaired) electrons. The zero-order valence-corrected chi connectivity index (χ0v) is 15.1. The van der Waals surface area contributed by atoms with Gasteiger partial charge in [-0.05, 0) is 24.3 Å². The molecule has 0 atom stereocenters. The zero-order chi connectivity index (χ0) is 16.4. The largest absolute Gasteiger partial charge is 0.287 e. The van der Waals surface area contributed by atoms with Crippen LogP contribution in [0.1, 0.15) is 10.4 Å². The Kier molecular flexibility index (Phi) is 4.70. The van der Waals surface area contributed by atoms with Gasteiger partial charge in [0.25, 0.3) is 5.91 Å². The minimum atomic E-state index is -0.126. The molecule has 116 valence electrons. The summed E-state index contributed by atoms with van der Waals surface area (Å²) in [4.78, 5) is 26.4. The van der Waals surface area contributed by atoms with Crippen LogP contribution >= 0.6 is 38.9 Å². The van der Waals surface area contributed by atoms with E-state index in [1.54, 1.807) is 25.2 Å². The van der Waals surface area contributed by atoms with Gasteiger partial charge in [-0.2, -0.15) is 0 Å². The highest BCUT2D eigenvalue weighted by atomic mass is 79.9. The first-order valence-corrected chi connectivity index (χ1v) is 8.57. The van der Waals surface area contributed by atoms with Crippen LogP contribution in [-0.4, -0.2) is 27.9 Å². The van der Waals surface area contributed by atoms with Crippen LogP contribution in [0.3, 0.4) is 0 Å². The molecule has 0 N–H and O–H groups in total. The van der Waals surface area contributed by atoms with Gasteiger partial charge in [0.2, 0.25) is 0 Å². The Morgan fingerprint density at radius 2 is 1.96 bits per heavy atom. The summed E-state index contributed by atoms with van der Waals surface area (Å²) in [6.07, 6.45) is 1.38. The Bertz CT molecular complexity index is 853. The number of carbonyl (C=O) groups excluding carboxylic acids is 1. The zero-order valence-electron chi connectivity index (χ0n) is 11.9. The summed E-state index contributed by atoms with van der Waals surface area (Å²) in [5.74, 6) is -0.126. The highest BCUT2D eigenvalue weighted by molar-refractivity contribution is 9.10. The summed E-state index contributed by atoms with van der Waals surface area (Å²) in [6, 6.07) is 8.83. The van der Waals surface area contributed by atoms with Crippen molar-refractivity contribution in [1.29, 1.82) is 0 Å². The predicted molar refractivity (Wildman–Crippen MR) is 95.0 cm³/mol. The van der Waals surface area contributed by atoms with E-state index in [1.165, 1.54) is 22.6 Å². The summed E-state index contributed by atoms with van der Waals surface area (Å²) in [6.45, 7) is 0. The third kappa shape index (κ3) is 3.57. The molecule has 0 unspecified atom stereocenters. The van der Waals surface area contributed by atoms with Gasteiger partial charge in [0.15, 0.2) is 5.13 Å². The van der Waals surface area contributed by atoms with Crippen LogP contribution in [-0.2, 0) is 0 Å². The molecular weight excluding hydrogens is 400 g/mol. The molecule has 2 heterocycles. The molecule has 3 rings (SSSR count). The maximum absolute atomic E-state index is 12.5. The SMILES string of the molecule is CN(C(=O)c1ccc(Br)cc1)c1nc(-c2cc(Cl)ncn2)cs1. The molecule has 0 aliphatic rings. The highest BCUT2D eigenvalue weighted by Crippen LogP contribution is 2.27. The average molecular weight is 410 g/mol. The molecule has 8 heteroatoms. The number of carbonyl (C=O) groups is 1. The fourth-order valence-electron chi connectivity index (χ4n) is 1.88. The Hall–Kier alpha value is -1.83. The minimum Gasteiger partial charge on any atom is -0.287 e. The van der Waals surface area contributed by atoms with Crippen molar-refractivity contribution in [3.05, 3.63) is 57.2 Å². The van der Waals surface area contributed by atoms with E-state index in [-0.39, 0.29) is 5.91 Å². The number of halogens is 2. The molecule has 3 aromatic rings. The van der Waals surface area contributed by atoms with Gasteiger partial charge >= 0.3 is 0 Å². The number of hydrogen-bond acceptors (Lipinski definition) is 5. The molecule has 1 amide bonds. The van der Waals surface area contributed by atoms with Gasteiger partial charge < -0.3 is 0 Å². The van der Waals surface area contributed by atoms with Crippen LogP contribution in [0.15, 0.2) is 46.5 Å². The molecule has 0 fully saturated rings.